The van der Waals surface area contributed by atoms with Gasteiger partial charge in [-0.25, -0.2) is 4.79 Å². The zero-order valence-corrected chi connectivity index (χ0v) is 9.80. The third-order valence-corrected chi connectivity index (χ3v) is 2.78. The molecule has 0 fully saturated rings. The number of esters is 1. The van der Waals surface area contributed by atoms with Crippen LogP contribution in [0.3, 0.4) is 0 Å². The van der Waals surface area contributed by atoms with Crippen molar-refractivity contribution in [3.05, 3.63) is 34.4 Å². The van der Waals surface area contributed by atoms with E-state index in [0.717, 1.165) is 15.4 Å². The maximum absolute atomic E-state index is 11.7. The molecule has 1 aromatic heterocycles. The molecule has 0 bridgehead atoms. The molecular weight excluding hydrogens is 258 g/mol. The standard InChI is InChI=1S/C11H10BrNO2/c1-2-15-11(14)7-4-3-5-9-10(7)8(12)6-13-9/h3-6,13H,2H2,1H3. The summed E-state index contributed by atoms with van der Waals surface area (Å²) >= 11 is 3.40. The minimum atomic E-state index is -0.289. The van der Waals surface area contributed by atoms with Crippen molar-refractivity contribution in [2.75, 3.05) is 6.61 Å². The zero-order valence-electron chi connectivity index (χ0n) is 8.21. The quantitative estimate of drug-likeness (QED) is 0.850. The van der Waals surface area contributed by atoms with E-state index in [9.17, 15) is 4.79 Å². The van der Waals surface area contributed by atoms with Crippen LogP contribution in [0.15, 0.2) is 28.9 Å². The summed E-state index contributed by atoms with van der Waals surface area (Å²) in [4.78, 5) is 14.7. The Morgan fingerprint density at radius 1 is 1.53 bits per heavy atom. The number of halogens is 1. The number of hydrogen-bond acceptors (Lipinski definition) is 2. The van der Waals surface area contributed by atoms with E-state index < -0.39 is 0 Å². The highest BCUT2D eigenvalue weighted by Crippen LogP contribution is 2.27. The molecular formula is C11H10BrNO2. The Kier molecular flexibility index (Phi) is 2.77. The summed E-state index contributed by atoms with van der Waals surface area (Å²) in [6.07, 6.45) is 1.81. The van der Waals surface area contributed by atoms with E-state index in [-0.39, 0.29) is 5.97 Å². The van der Waals surface area contributed by atoms with Gasteiger partial charge in [-0.1, -0.05) is 6.07 Å². The summed E-state index contributed by atoms with van der Waals surface area (Å²) in [6.45, 7) is 2.18. The third kappa shape index (κ3) is 1.77. The first-order valence-corrected chi connectivity index (χ1v) is 5.46. The predicted molar refractivity (Wildman–Crippen MR) is 62.0 cm³/mol. The van der Waals surface area contributed by atoms with Crippen LogP contribution in [-0.2, 0) is 4.74 Å². The van der Waals surface area contributed by atoms with Gasteiger partial charge in [0.1, 0.15) is 0 Å². The van der Waals surface area contributed by atoms with Crippen molar-refractivity contribution in [2.24, 2.45) is 0 Å². The Balaban J connectivity index is 2.59. The van der Waals surface area contributed by atoms with Gasteiger partial charge < -0.3 is 9.72 Å². The molecule has 78 valence electrons. The summed E-state index contributed by atoms with van der Waals surface area (Å²) in [5.41, 5.74) is 1.51. The summed E-state index contributed by atoms with van der Waals surface area (Å²) in [6, 6.07) is 5.51. The lowest BCUT2D eigenvalue weighted by molar-refractivity contribution is 0.0528. The molecule has 1 aromatic carbocycles. The van der Waals surface area contributed by atoms with Crippen molar-refractivity contribution in [1.82, 2.24) is 4.98 Å². The number of hydrogen-bond donors (Lipinski definition) is 1. The number of rotatable bonds is 2. The Hall–Kier alpha value is -1.29. The highest BCUT2D eigenvalue weighted by molar-refractivity contribution is 9.10. The lowest BCUT2D eigenvalue weighted by Crippen LogP contribution is -2.04. The van der Waals surface area contributed by atoms with Crippen molar-refractivity contribution < 1.29 is 9.53 Å². The third-order valence-electron chi connectivity index (χ3n) is 2.15. The molecule has 15 heavy (non-hydrogen) atoms. The molecule has 0 unspecified atom stereocenters. The van der Waals surface area contributed by atoms with Gasteiger partial charge in [0.2, 0.25) is 0 Å². The van der Waals surface area contributed by atoms with Crippen molar-refractivity contribution >= 4 is 32.8 Å². The lowest BCUT2D eigenvalue weighted by Gasteiger charge is -2.03. The minimum absolute atomic E-state index is 0.289. The average molecular weight is 268 g/mol. The molecule has 2 rings (SSSR count). The van der Waals surface area contributed by atoms with Gasteiger partial charge in [0.05, 0.1) is 12.2 Å². The smallest absolute Gasteiger partial charge is 0.338 e. The van der Waals surface area contributed by atoms with E-state index in [1.165, 1.54) is 0 Å². The van der Waals surface area contributed by atoms with Crippen LogP contribution in [0.2, 0.25) is 0 Å². The van der Waals surface area contributed by atoms with Crippen molar-refractivity contribution in [3.8, 4) is 0 Å². The summed E-state index contributed by atoms with van der Waals surface area (Å²) < 4.78 is 5.86. The van der Waals surface area contributed by atoms with E-state index >= 15 is 0 Å². The topological polar surface area (TPSA) is 42.1 Å². The number of nitrogens with one attached hydrogen (secondary N) is 1. The molecule has 2 aromatic rings. The zero-order chi connectivity index (χ0) is 10.8. The molecule has 0 saturated carbocycles. The first-order chi connectivity index (χ1) is 7.24. The number of benzene rings is 1. The van der Waals surface area contributed by atoms with Crippen LogP contribution in [0.1, 0.15) is 17.3 Å². The normalized spacial score (nSPS) is 10.5. The lowest BCUT2D eigenvalue weighted by atomic mass is 10.1. The molecule has 0 aliphatic heterocycles. The summed E-state index contributed by atoms with van der Waals surface area (Å²) in [7, 11) is 0. The van der Waals surface area contributed by atoms with Crippen molar-refractivity contribution in [3.63, 3.8) is 0 Å². The monoisotopic (exact) mass is 267 g/mol. The number of aromatic nitrogens is 1. The van der Waals surface area contributed by atoms with Gasteiger partial charge >= 0.3 is 5.97 Å². The fourth-order valence-corrected chi connectivity index (χ4v) is 2.06. The van der Waals surface area contributed by atoms with Crippen molar-refractivity contribution in [2.45, 2.75) is 6.92 Å². The number of carbonyl (C=O) groups is 1. The number of ether oxygens (including phenoxy) is 1. The maximum atomic E-state index is 11.7. The molecule has 0 saturated heterocycles. The number of H-pyrrole nitrogens is 1. The van der Waals surface area contributed by atoms with Crippen LogP contribution >= 0.6 is 15.9 Å². The Morgan fingerprint density at radius 3 is 3.07 bits per heavy atom. The van der Waals surface area contributed by atoms with Gasteiger partial charge in [0.25, 0.3) is 0 Å². The molecule has 0 spiro atoms. The van der Waals surface area contributed by atoms with E-state index in [2.05, 4.69) is 20.9 Å². The molecule has 0 amide bonds. The van der Waals surface area contributed by atoms with E-state index in [1.54, 1.807) is 13.0 Å². The Morgan fingerprint density at radius 2 is 2.33 bits per heavy atom. The van der Waals surface area contributed by atoms with E-state index in [4.69, 9.17) is 4.74 Å². The van der Waals surface area contributed by atoms with Crippen molar-refractivity contribution in [1.29, 1.82) is 0 Å². The molecule has 1 N–H and O–H groups in total. The second-order valence-electron chi connectivity index (χ2n) is 3.09. The molecule has 0 aliphatic carbocycles. The van der Waals surface area contributed by atoms with Gasteiger partial charge in [-0.15, -0.1) is 0 Å². The van der Waals surface area contributed by atoms with Crippen LogP contribution < -0.4 is 0 Å². The molecule has 3 nitrogen and oxygen atoms in total. The Bertz CT molecular complexity index is 504. The molecule has 0 atom stereocenters. The maximum Gasteiger partial charge on any atom is 0.338 e. The first kappa shape index (κ1) is 10.2. The van der Waals surface area contributed by atoms with Crippen LogP contribution in [-0.4, -0.2) is 17.6 Å². The molecule has 0 aliphatic rings. The van der Waals surface area contributed by atoms with Crippen LogP contribution in [0.25, 0.3) is 10.9 Å². The van der Waals surface area contributed by atoms with Gasteiger partial charge in [-0.05, 0) is 35.0 Å². The fraction of sp³-hybridized carbons (Fsp3) is 0.182. The summed E-state index contributed by atoms with van der Waals surface area (Å²) in [5.74, 6) is -0.289. The summed E-state index contributed by atoms with van der Waals surface area (Å²) in [5, 5.41) is 0.871. The highest BCUT2D eigenvalue weighted by atomic mass is 79.9. The molecule has 4 heteroatoms. The largest absolute Gasteiger partial charge is 0.462 e. The fourth-order valence-electron chi connectivity index (χ4n) is 1.52. The predicted octanol–water partition coefficient (Wildman–Crippen LogP) is 3.11. The van der Waals surface area contributed by atoms with E-state index in [1.807, 2.05) is 18.3 Å². The van der Waals surface area contributed by atoms with Gasteiger partial charge in [0.15, 0.2) is 0 Å². The Labute approximate surface area is 95.6 Å². The molecule has 0 radical (unpaired) electrons. The second-order valence-corrected chi connectivity index (χ2v) is 3.94. The average Bonchev–Trinajstić information content (AvgIpc) is 2.61. The van der Waals surface area contributed by atoms with Crippen LogP contribution in [0.4, 0.5) is 0 Å². The second kappa shape index (κ2) is 4.06. The van der Waals surface area contributed by atoms with Crippen LogP contribution in [0.5, 0.6) is 0 Å². The van der Waals surface area contributed by atoms with E-state index in [0.29, 0.717) is 12.2 Å². The highest BCUT2D eigenvalue weighted by Gasteiger charge is 2.13. The number of aromatic amines is 1. The first-order valence-electron chi connectivity index (χ1n) is 4.66. The number of fused-ring (bicyclic) bond motifs is 1. The SMILES string of the molecule is CCOC(=O)c1cccc2[nH]cc(Br)c12. The number of carbonyl (C=O) groups excluding carboxylic acids is 1. The minimum Gasteiger partial charge on any atom is -0.462 e. The van der Waals surface area contributed by atoms with Gasteiger partial charge in [-0.2, -0.15) is 0 Å². The van der Waals surface area contributed by atoms with Gasteiger partial charge in [0, 0.05) is 21.6 Å². The van der Waals surface area contributed by atoms with Crippen LogP contribution in [0, 0.1) is 0 Å². The molecule has 1 heterocycles. The van der Waals surface area contributed by atoms with Gasteiger partial charge in [-0.3, -0.25) is 0 Å².